The third-order valence-electron chi connectivity index (χ3n) is 5.36. The first kappa shape index (κ1) is 21.1. The zero-order valence-corrected chi connectivity index (χ0v) is 18.3. The molecule has 1 fully saturated rings. The molecule has 4 rings (SSSR count). The molecule has 1 aromatic carbocycles. The fourth-order valence-corrected chi connectivity index (χ4v) is 5.06. The lowest BCUT2D eigenvalue weighted by atomic mass is 10.0. The lowest BCUT2D eigenvalue weighted by Crippen LogP contribution is -2.40. The Balaban J connectivity index is 1.69. The minimum atomic E-state index is -3.05. The average Bonchev–Trinajstić information content (AvgIpc) is 3.02. The van der Waals surface area contributed by atoms with E-state index in [1.54, 1.807) is 12.3 Å². The summed E-state index contributed by atoms with van der Waals surface area (Å²) in [6.45, 7) is 4.66. The number of anilines is 2. The summed E-state index contributed by atoms with van der Waals surface area (Å²) in [6.07, 6.45) is 6.51. The van der Waals surface area contributed by atoms with Gasteiger partial charge in [-0.15, -0.1) is 0 Å². The van der Waals surface area contributed by atoms with Gasteiger partial charge in [0.2, 0.25) is 0 Å². The Hall–Kier alpha value is -3.14. The SMILES string of the molecule is CC1(C)Cc2cc(NC(=O)/C(C=N)=C3\N=CC=CN3)c(N3CCS(=O)(=O)CC3)cc2O1. The number of hydrogen-bond acceptors (Lipinski definition) is 8. The van der Waals surface area contributed by atoms with E-state index in [0.29, 0.717) is 30.9 Å². The van der Waals surface area contributed by atoms with Crippen molar-refractivity contribution in [2.75, 3.05) is 34.8 Å². The molecule has 3 aliphatic heterocycles. The number of sulfone groups is 1. The van der Waals surface area contributed by atoms with Crippen molar-refractivity contribution in [1.82, 2.24) is 5.32 Å². The van der Waals surface area contributed by atoms with Gasteiger partial charge in [-0.25, -0.2) is 13.4 Å². The number of rotatable bonds is 4. The summed E-state index contributed by atoms with van der Waals surface area (Å²) in [6, 6.07) is 3.75. The van der Waals surface area contributed by atoms with Crippen LogP contribution in [0, 0.1) is 5.41 Å². The maximum Gasteiger partial charge on any atom is 0.261 e. The van der Waals surface area contributed by atoms with Crippen LogP contribution in [0.2, 0.25) is 0 Å². The first-order chi connectivity index (χ1) is 14.7. The highest BCUT2D eigenvalue weighted by Gasteiger charge is 2.33. The van der Waals surface area contributed by atoms with Crippen LogP contribution in [0.1, 0.15) is 19.4 Å². The highest BCUT2D eigenvalue weighted by molar-refractivity contribution is 7.91. The highest BCUT2D eigenvalue weighted by atomic mass is 32.2. The van der Waals surface area contributed by atoms with E-state index in [2.05, 4.69) is 15.6 Å². The lowest BCUT2D eigenvalue weighted by Gasteiger charge is -2.31. The number of amides is 1. The van der Waals surface area contributed by atoms with Crippen molar-refractivity contribution in [1.29, 1.82) is 5.41 Å². The van der Waals surface area contributed by atoms with E-state index in [-0.39, 0.29) is 28.5 Å². The Labute approximate surface area is 181 Å². The number of carbonyl (C=O) groups excluding carboxylic acids is 1. The van der Waals surface area contributed by atoms with Gasteiger partial charge in [0.25, 0.3) is 5.91 Å². The smallest absolute Gasteiger partial charge is 0.261 e. The molecule has 0 spiro atoms. The van der Waals surface area contributed by atoms with Crippen molar-refractivity contribution >= 4 is 39.5 Å². The second-order valence-corrected chi connectivity index (χ2v) is 10.6. The summed E-state index contributed by atoms with van der Waals surface area (Å²) in [5.74, 6) is 0.663. The zero-order valence-electron chi connectivity index (χ0n) is 17.4. The van der Waals surface area contributed by atoms with Gasteiger partial charge < -0.3 is 25.7 Å². The fourth-order valence-electron chi connectivity index (χ4n) is 3.86. The Bertz CT molecular complexity index is 1120. The van der Waals surface area contributed by atoms with Crippen LogP contribution < -0.4 is 20.3 Å². The number of benzene rings is 1. The second kappa shape index (κ2) is 7.84. The van der Waals surface area contributed by atoms with E-state index < -0.39 is 15.7 Å². The Kier molecular flexibility index (Phi) is 5.34. The van der Waals surface area contributed by atoms with Gasteiger partial charge in [0.15, 0.2) is 9.84 Å². The molecule has 1 amide bonds. The van der Waals surface area contributed by atoms with Crippen molar-refractivity contribution < 1.29 is 17.9 Å². The minimum Gasteiger partial charge on any atom is -0.487 e. The standard InChI is InChI=1S/C21H25N5O4S/c1-21(2)12-14-10-16(25-20(27)15(13-22)19-23-4-3-5-24-19)17(11-18(14)30-21)26-6-8-31(28,29)9-7-26/h3-5,10-11,13,22-23H,6-9,12H2,1-2H3,(H,25,27)/b19-15-,22-13?. The molecular weight excluding hydrogens is 418 g/mol. The molecule has 0 radical (unpaired) electrons. The summed E-state index contributed by atoms with van der Waals surface area (Å²) >= 11 is 0. The Morgan fingerprint density at radius 2 is 2.06 bits per heavy atom. The quantitative estimate of drug-likeness (QED) is 0.480. The van der Waals surface area contributed by atoms with E-state index in [1.807, 2.05) is 30.9 Å². The number of hydrogen-bond donors (Lipinski definition) is 3. The molecule has 0 aromatic heterocycles. The number of nitrogens with zero attached hydrogens (tertiary/aromatic N) is 2. The van der Waals surface area contributed by atoms with Crippen molar-refractivity contribution in [3.8, 4) is 5.75 Å². The van der Waals surface area contributed by atoms with Crippen molar-refractivity contribution in [2.45, 2.75) is 25.9 Å². The van der Waals surface area contributed by atoms with E-state index in [4.69, 9.17) is 10.1 Å². The van der Waals surface area contributed by atoms with E-state index in [1.165, 1.54) is 6.21 Å². The number of nitrogens with one attached hydrogen (secondary N) is 3. The van der Waals surface area contributed by atoms with Crippen LogP contribution >= 0.6 is 0 Å². The normalized spacial score (nSPS) is 22.2. The zero-order chi connectivity index (χ0) is 22.2. The van der Waals surface area contributed by atoms with Gasteiger partial charge in [-0.3, -0.25) is 4.79 Å². The Morgan fingerprint density at radius 1 is 1.32 bits per heavy atom. The van der Waals surface area contributed by atoms with Gasteiger partial charge in [0.05, 0.1) is 28.5 Å². The highest BCUT2D eigenvalue weighted by Crippen LogP contribution is 2.42. The fraction of sp³-hybridized carbons (Fsp3) is 0.381. The van der Waals surface area contributed by atoms with Crippen molar-refractivity contribution in [2.24, 2.45) is 4.99 Å². The molecule has 3 N–H and O–H groups in total. The Morgan fingerprint density at radius 3 is 2.71 bits per heavy atom. The molecule has 9 nitrogen and oxygen atoms in total. The molecule has 164 valence electrons. The van der Waals surface area contributed by atoms with Gasteiger partial charge in [0.1, 0.15) is 17.2 Å². The number of carbonyl (C=O) groups is 1. The molecular formula is C21H25N5O4S. The summed E-state index contributed by atoms with van der Waals surface area (Å²) in [4.78, 5) is 19.1. The minimum absolute atomic E-state index is 0.0601. The number of allylic oxidation sites excluding steroid dienone is 1. The predicted octanol–water partition coefficient (Wildman–Crippen LogP) is 1.62. The van der Waals surface area contributed by atoms with Crippen LogP contribution in [0.5, 0.6) is 5.75 Å². The van der Waals surface area contributed by atoms with E-state index >= 15 is 0 Å². The van der Waals surface area contributed by atoms with Crippen LogP contribution in [-0.2, 0) is 21.1 Å². The molecule has 1 aromatic rings. The molecule has 0 saturated carbocycles. The van der Waals surface area contributed by atoms with Crippen LogP contribution in [0.15, 0.2) is 40.8 Å². The van der Waals surface area contributed by atoms with E-state index in [9.17, 15) is 13.2 Å². The maximum atomic E-state index is 13.0. The van der Waals surface area contributed by atoms with Gasteiger partial charge in [0, 0.05) is 49.8 Å². The topological polar surface area (TPSA) is 124 Å². The predicted molar refractivity (Wildman–Crippen MR) is 121 cm³/mol. The summed E-state index contributed by atoms with van der Waals surface area (Å²) in [5.41, 5.74) is 1.95. The van der Waals surface area contributed by atoms with Crippen molar-refractivity contribution in [3.63, 3.8) is 0 Å². The van der Waals surface area contributed by atoms with Crippen LogP contribution in [0.25, 0.3) is 0 Å². The van der Waals surface area contributed by atoms with Crippen LogP contribution in [-0.4, -0.2) is 57.0 Å². The molecule has 1 saturated heterocycles. The number of aliphatic imine (C=N–C) groups is 1. The molecule has 3 heterocycles. The summed E-state index contributed by atoms with van der Waals surface area (Å²) in [7, 11) is -3.05. The van der Waals surface area contributed by atoms with E-state index in [0.717, 1.165) is 17.5 Å². The third kappa shape index (κ3) is 4.48. The molecule has 0 bridgehead atoms. The van der Waals surface area contributed by atoms with Gasteiger partial charge in [-0.05, 0) is 26.0 Å². The average molecular weight is 444 g/mol. The maximum absolute atomic E-state index is 13.0. The monoisotopic (exact) mass is 443 g/mol. The molecule has 3 aliphatic rings. The first-order valence-electron chi connectivity index (χ1n) is 10.0. The van der Waals surface area contributed by atoms with Crippen LogP contribution in [0.3, 0.4) is 0 Å². The lowest BCUT2D eigenvalue weighted by molar-refractivity contribution is -0.112. The molecule has 31 heavy (non-hydrogen) atoms. The molecule has 0 atom stereocenters. The van der Waals surface area contributed by atoms with Crippen molar-refractivity contribution in [3.05, 3.63) is 41.4 Å². The first-order valence-corrected chi connectivity index (χ1v) is 11.8. The largest absolute Gasteiger partial charge is 0.487 e. The van der Waals surface area contributed by atoms with Crippen LogP contribution in [0.4, 0.5) is 11.4 Å². The van der Waals surface area contributed by atoms with Gasteiger partial charge >= 0.3 is 0 Å². The number of fused-ring (bicyclic) bond motifs is 1. The number of ether oxygens (including phenoxy) is 1. The molecule has 10 heteroatoms. The molecule has 0 aliphatic carbocycles. The van der Waals surface area contributed by atoms with Gasteiger partial charge in [-0.1, -0.05) is 0 Å². The molecule has 0 unspecified atom stereocenters. The third-order valence-corrected chi connectivity index (χ3v) is 6.97. The summed E-state index contributed by atoms with van der Waals surface area (Å²) < 4.78 is 29.8. The summed E-state index contributed by atoms with van der Waals surface area (Å²) in [5, 5.41) is 13.5. The van der Waals surface area contributed by atoms with Gasteiger partial charge in [-0.2, -0.15) is 0 Å². The second-order valence-electron chi connectivity index (χ2n) is 8.30.